The Labute approximate surface area is 322 Å². The summed E-state index contributed by atoms with van der Waals surface area (Å²) in [5, 5.41) is 39.7. The van der Waals surface area contributed by atoms with Gasteiger partial charge in [-0.1, -0.05) is 69.2 Å². The van der Waals surface area contributed by atoms with Crippen molar-refractivity contribution in [2.75, 3.05) is 36.7 Å². The summed E-state index contributed by atoms with van der Waals surface area (Å²) in [5.41, 5.74) is 1.78. The topological polar surface area (TPSA) is 221 Å². The zero-order chi connectivity index (χ0) is 40.1. The summed E-state index contributed by atoms with van der Waals surface area (Å²) in [6, 6.07) is 19.8. The van der Waals surface area contributed by atoms with Crippen LogP contribution in [0.15, 0.2) is 77.7 Å². The molecule has 2 aliphatic rings. The lowest BCUT2D eigenvalue weighted by atomic mass is 9.69. The van der Waals surface area contributed by atoms with E-state index < -0.39 is 81.0 Å². The molecule has 2 aliphatic heterocycles. The van der Waals surface area contributed by atoms with E-state index in [-0.39, 0.29) is 22.9 Å². The van der Waals surface area contributed by atoms with Gasteiger partial charge in [0.25, 0.3) is 0 Å². The molecule has 3 aromatic rings. The Morgan fingerprint density at radius 3 is 2.38 bits per heavy atom. The van der Waals surface area contributed by atoms with Crippen LogP contribution in [0.4, 0.5) is 16.2 Å². The zero-order valence-corrected chi connectivity index (χ0v) is 32.9. The number of amides is 2. The first-order chi connectivity index (χ1) is 26.0. The first kappa shape index (κ1) is 42.5. The van der Waals surface area contributed by atoms with Gasteiger partial charge in [0.1, 0.15) is 24.4 Å². The number of ether oxygens (including phenoxy) is 2. The predicted octanol–water partition coefficient (Wildman–Crippen LogP) is 3.59. The first-order valence-electron chi connectivity index (χ1n) is 18.2. The Morgan fingerprint density at radius 1 is 1.00 bits per heavy atom. The minimum Gasteiger partial charge on any atom is -0.392 e. The largest absolute Gasteiger partial charge is 0.397 e. The number of anilines is 2. The highest BCUT2D eigenvalue weighted by molar-refractivity contribution is 7.91. The Balaban J connectivity index is 1.43. The number of hydrogen-bond donors (Lipinski definition) is 6. The molecule has 0 aliphatic carbocycles. The van der Waals surface area contributed by atoms with Crippen molar-refractivity contribution < 1.29 is 55.2 Å². The van der Waals surface area contributed by atoms with Crippen LogP contribution in [0.5, 0.6) is 0 Å². The Kier molecular flexibility index (Phi) is 13.6. The monoisotopic (exact) mass is 805 g/mol. The van der Waals surface area contributed by atoms with Crippen LogP contribution in [0.25, 0.3) is 0 Å². The van der Waals surface area contributed by atoms with E-state index in [4.69, 9.17) is 14.0 Å². The molecule has 8 atom stereocenters. The molecule has 55 heavy (non-hydrogen) atoms. The lowest BCUT2D eigenvalue weighted by Crippen LogP contribution is -2.64. The molecule has 0 saturated carbocycles. The van der Waals surface area contributed by atoms with Crippen LogP contribution in [-0.2, 0) is 40.5 Å². The van der Waals surface area contributed by atoms with E-state index in [1.54, 1.807) is 72.8 Å². The van der Waals surface area contributed by atoms with Gasteiger partial charge in [-0.3, -0.25) is 4.55 Å². The van der Waals surface area contributed by atoms with Gasteiger partial charge < -0.3 is 40.3 Å². The number of urea groups is 1. The molecular formula is C38H51N3O12S2. The van der Waals surface area contributed by atoms with Crippen LogP contribution in [0.3, 0.4) is 0 Å². The fourth-order valence-electron chi connectivity index (χ4n) is 7.42. The van der Waals surface area contributed by atoms with E-state index in [0.29, 0.717) is 29.5 Å². The van der Waals surface area contributed by atoms with E-state index in [1.807, 2.05) is 32.8 Å². The second-order valence-electron chi connectivity index (χ2n) is 14.4. The van der Waals surface area contributed by atoms with Crippen molar-refractivity contribution in [1.29, 1.82) is 0 Å². The molecule has 5 rings (SSSR count). The number of carbonyl (C=O) groups excluding carboxylic acids is 1. The minimum atomic E-state index is -4.93. The van der Waals surface area contributed by atoms with Gasteiger partial charge in [0.2, 0.25) is 0 Å². The number of aliphatic hydroxyl groups is 3. The molecule has 2 heterocycles. The second-order valence-corrected chi connectivity index (χ2v) is 17.4. The van der Waals surface area contributed by atoms with Gasteiger partial charge in [-0.25, -0.2) is 17.4 Å². The van der Waals surface area contributed by atoms with Gasteiger partial charge in [-0.15, -0.1) is 0 Å². The maximum absolute atomic E-state index is 14.0. The van der Waals surface area contributed by atoms with Crippen LogP contribution >= 0.6 is 0 Å². The third kappa shape index (κ3) is 10.0. The minimum absolute atomic E-state index is 0.0531. The van der Waals surface area contributed by atoms with Crippen molar-refractivity contribution in [3.8, 4) is 0 Å². The van der Waals surface area contributed by atoms with Gasteiger partial charge in [-0.05, 0) is 59.9 Å². The number of aliphatic hydroxyl groups excluding tert-OH is 3. The average molecular weight is 806 g/mol. The molecule has 15 nitrogen and oxygen atoms in total. The molecule has 3 aromatic carbocycles. The van der Waals surface area contributed by atoms with Gasteiger partial charge in [0.15, 0.2) is 16.1 Å². The summed E-state index contributed by atoms with van der Waals surface area (Å²) in [5.74, 6) is -1.00. The van der Waals surface area contributed by atoms with Gasteiger partial charge in [0.05, 0.1) is 30.0 Å². The van der Waals surface area contributed by atoms with Gasteiger partial charge in [-0.2, -0.15) is 8.42 Å². The van der Waals surface area contributed by atoms with E-state index in [1.165, 1.54) is 0 Å². The van der Waals surface area contributed by atoms with E-state index in [9.17, 15) is 36.9 Å². The lowest BCUT2D eigenvalue weighted by molar-refractivity contribution is -0.246. The lowest BCUT2D eigenvalue weighted by Gasteiger charge is -2.42. The number of nitrogens with zero attached hydrogens (tertiary/aromatic N) is 1. The summed E-state index contributed by atoms with van der Waals surface area (Å²) in [6.45, 7) is 3.00. The zero-order valence-electron chi connectivity index (χ0n) is 31.2. The fraction of sp³-hybridized carbons (Fsp3) is 0.500. The predicted molar refractivity (Wildman–Crippen MR) is 205 cm³/mol. The second kappa shape index (κ2) is 17.7. The van der Waals surface area contributed by atoms with Gasteiger partial charge in [0, 0.05) is 36.8 Å². The molecular weight excluding hydrogens is 755 g/mol. The Bertz CT molecular complexity index is 2000. The van der Waals surface area contributed by atoms with Crippen LogP contribution in [-0.4, -0.2) is 106 Å². The number of sulfone groups is 1. The molecule has 3 unspecified atom stereocenters. The fourth-order valence-corrected chi connectivity index (χ4v) is 9.98. The average Bonchev–Trinajstić information content (AvgIpc) is 3.21. The van der Waals surface area contributed by atoms with Crippen LogP contribution in [0.1, 0.15) is 62.1 Å². The SMILES string of the molecule is CCCC[C@]1(CC)CS(=O)(=O)c2ccc(N(C)C)cc2[C@@H](c2cccc(NC(=O)NC3OC(COS(=O)(=O)O)[C@@H](O)C(OCc4ccccc4)[C@H]3O)c2)[C@H]1O. The van der Waals surface area contributed by atoms with E-state index in [2.05, 4.69) is 14.8 Å². The Hall–Kier alpha value is -3.65. The van der Waals surface area contributed by atoms with Crippen LogP contribution < -0.4 is 15.5 Å². The number of fused-ring (bicyclic) bond motifs is 1. The summed E-state index contributed by atoms with van der Waals surface area (Å²) < 4.78 is 75.7. The molecule has 0 bridgehead atoms. The highest BCUT2D eigenvalue weighted by Gasteiger charge is 2.49. The van der Waals surface area contributed by atoms with Crippen molar-refractivity contribution in [3.63, 3.8) is 0 Å². The van der Waals surface area contributed by atoms with Crippen molar-refractivity contribution in [2.45, 2.75) is 93.7 Å². The molecule has 6 N–H and O–H groups in total. The number of unbranched alkanes of at least 4 members (excludes halogenated alkanes) is 1. The van der Waals surface area contributed by atoms with Crippen LogP contribution in [0, 0.1) is 5.41 Å². The number of hydrogen-bond acceptors (Lipinski definition) is 12. The standard InChI is InChI=1S/C38H51N3O12S2/c1-5-7-18-38(6-2)23-54(46,47)30-17-16-27(41(3)4)20-28(30)31(35(38)44)25-14-11-15-26(19-25)39-37(45)40-36-33(43)34(51-21-24-12-9-8-10-13-24)32(42)29(53-36)22-52-55(48,49)50/h8-17,19-20,29,31-36,42-44H,5-7,18,21-23H2,1-4H3,(H2,39,40,45)(H,48,49,50)/t29?,31-,32-,33-,34?,35-,36?,38-/m1/s1. The molecule has 302 valence electrons. The molecule has 1 fully saturated rings. The van der Waals surface area contributed by atoms with Crippen molar-refractivity contribution in [3.05, 3.63) is 89.5 Å². The molecule has 0 spiro atoms. The maximum Gasteiger partial charge on any atom is 0.397 e. The summed E-state index contributed by atoms with van der Waals surface area (Å²) >= 11 is 0. The normalized spacial score (nSPS) is 27.7. The molecule has 0 aromatic heterocycles. The number of benzene rings is 3. The third-order valence-corrected chi connectivity index (χ3v) is 12.9. The van der Waals surface area contributed by atoms with E-state index >= 15 is 0 Å². The van der Waals surface area contributed by atoms with Crippen molar-refractivity contribution in [2.24, 2.45) is 5.41 Å². The number of rotatable bonds is 14. The summed E-state index contributed by atoms with van der Waals surface area (Å²) in [7, 11) is -5.07. The molecule has 2 amide bonds. The smallest absolute Gasteiger partial charge is 0.392 e. The third-order valence-electron chi connectivity index (χ3n) is 10.5. The number of nitrogens with one attached hydrogen (secondary N) is 2. The quantitative estimate of drug-likeness (QED) is 0.129. The van der Waals surface area contributed by atoms with Crippen LogP contribution in [0.2, 0.25) is 0 Å². The summed E-state index contributed by atoms with van der Waals surface area (Å²) in [6.07, 6.45) is -6.32. The first-order valence-corrected chi connectivity index (χ1v) is 21.2. The molecule has 17 heteroatoms. The molecule has 0 radical (unpaired) electrons. The highest BCUT2D eigenvalue weighted by Crippen LogP contribution is 2.49. The van der Waals surface area contributed by atoms with Crippen molar-refractivity contribution in [1.82, 2.24) is 5.32 Å². The Morgan fingerprint density at radius 2 is 1.73 bits per heavy atom. The van der Waals surface area contributed by atoms with Crippen molar-refractivity contribution >= 4 is 37.6 Å². The highest BCUT2D eigenvalue weighted by atomic mass is 32.3. The molecule has 1 saturated heterocycles. The maximum atomic E-state index is 14.0. The van der Waals surface area contributed by atoms with Gasteiger partial charge >= 0.3 is 16.4 Å². The summed E-state index contributed by atoms with van der Waals surface area (Å²) in [4.78, 5) is 15.5. The number of carbonyl (C=O) groups is 1. The van der Waals surface area contributed by atoms with E-state index in [0.717, 1.165) is 18.5 Å².